The molecule has 0 aliphatic carbocycles. The topological polar surface area (TPSA) is 88.4 Å². The molecule has 0 unspecified atom stereocenters. The molecule has 0 fully saturated rings. The molecular weight excluding hydrogens is 316 g/mol. The summed E-state index contributed by atoms with van der Waals surface area (Å²) in [5.74, 6) is 0. The molecule has 23 heavy (non-hydrogen) atoms. The molecule has 1 N–H and O–H groups in total. The largest absolute Gasteiger partial charge is 0.334 e. The second-order valence-electron chi connectivity index (χ2n) is 5.01. The zero-order chi connectivity index (χ0) is 16.8. The van der Waals surface area contributed by atoms with Crippen LogP contribution in [0.4, 0.5) is 10.5 Å². The third kappa shape index (κ3) is 4.75. The van der Waals surface area contributed by atoms with Gasteiger partial charge in [-0.25, -0.2) is 9.78 Å². The third-order valence-electron chi connectivity index (χ3n) is 3.26. The van der Waals surface area contributed by atoms with Gasteiger partial charge in [0.15, 0.2) is 0 Å². The fourth-order valence-electron chi connectivity index (χ4n) is 1.91. The van der Waals surface area contributed by atoms with E-state index in [0.29, 0.717) is 13.1 Å². The van der Waals surface area contributed by atoms with Crippen molar-refractivity contribution >= 4 is 23.1 Å². The maximum absolute atomic E-state index is 12.1. The molecular formula is C15H18N4O3S. The minimum atomic E-state index is -0.450. The Morgan fingerprint density at radius 3 is 2.65 bits per heavy atom. The number of hydrogen-bond donors (Lipinski definition) is 1. The molecule has 7 nitrogen and oxygen atoms in total. The summed E-state index contributed by atoms with van der Waals surface area (Å²) in [7, 11) is 1.71. The summed E-state index contributed by atoms with van der Waals surface area (Å²) in [6.07, 6.45) is 2.77. The summed E-state index contributed by atoms with van der Waals surface area (Å²) < 4.78 is 0. The molecule has 8 heteroatoms. The van der Waals surface area contributed by atoms with Crippen LogP contribution in [0.15, 0.2) is 30.5 Å². The molecule has 0 saturated heterocycles. The van der Waals surface area contributed by atoms with Gasteiger partial charge in [0, 0.05) is 36.8 Å². The van der Waals surface area contributed by atoms with Crippen LogP contribution in [-0.4, -0.2) is 27.9 Å². The molecule has 2 amide bonds. The van der Waals surface area contributed by atoms with Crippen molar-refractivity contribution in [3.8, 4) is 0 Å². The van der Waals surface area contributed by atoms with Crippen LogP contribution in [0.25, 0.3) is 0 Å². The quantitative estimate of drug-likeness (QED) is 0.650. The Bertz CT molecular complexity index is 684. The highest BCUT2D eigenvalue weighted by molar-refractivity contribution is 7.11. The zero-order valence-corrected chi connectivity index (χ0v) is 13.8. The fourth-order valence-corrected chi connectivity index (χ4v) is 2.82. The molecule has 0 saturated carbocycles. The average Bonchev–Trinajstić information content (AvgIpc) is 3.00. The second-order valence-corrected chi connectivity index (χ2v) is 6.21. The van der Waals surface area contributed by atoms with Crippen LogP contribution in [0.2, 0.25) is 0 Å². The number of nitro benzene ring substituents is 1. The molecule has 1 heterocycles. The minimum absolute atomic E-state index is 0.0349. The number of rotatable bonds is 6. The minimum Gasteiger partial charge on any atom is -0.334 e. The maximum atomic E-state index is 12.1. The van der Waals surface area contributed by atoms with E-state index in [2.05, 4.69) is 17.2 Å². The van der Waals surface area contributed by atoms with E-state index in [-0.39, 0.29) is 11.7 Å². The van der Waals surface area contributed by atoms with Gasteiger partial charge in [0.2, 0.25) is 0 Å². The zero-order valence-electron chi connectivity index (χ0n) is 13.0. The number of hydrogen-bond acceptors (Lipinski definition) is 5. The van der Waals surface area contributed by atoms with Gasteiger partial charge in [0.05, 0.1) is 11.5 Å². The van der Waals surface area contributed by atoms with E-state index >= 15 is 0 Å². The van der Waals surface area contributed by atoms with E-state index < -0.39 is 4.92 Å². The molecule has 0 aliphatic rings. The molecule has 0 radical (unpaired) electrons. The first kappa shape index (κ1) is 16.9. The summed E-state index contributed by atoms with van der Waals surface area (Å²) in [4.78, 5) is 29.2. The van der Waals surface area contributed by atoms with E-state index in [1.807, 2.05) is 6.20 Å². The average molecular weight is 334 g/mol. The Hall–Kier alpha value is -2.48. The van der Waals surface area contributed by atoms with Crippen molar-refractivity contribution in [2.24, 2.45) is 0 Å². The number of nitro groups is 1. The number of urea groups is 1. The van der Waals surface area contributed by atoms with Crippen molar-refractivity contribution in [1.29, 1.82) is 0 Å². The summed E-state index contributed by atoms with van der Waals surface area (Å²) >= 11 is 1.60. The lowest BCUT2D eigenvalue weighted by molar-refractivity contribution is -0.384. The fraction of sp³-hybridized carbons (Fsp3) is 0.333. The van der Waals surface area contributed by atoms with Crippen molar-refractivity contribution in [1.82, 2.24) is 15.2 Å². The SMILES string of the molecule is CCc1cnc(CN(C)C(=O)NCc2ccc([N+](=O)[O-])cc2)s1. The van der Waals surface area contributed by atoms with Gasteiger partial charge in [-0.2, -0.15) is 0 Å². The van der Waals surface area contributed by atoms with Gasteiger partial charge >= 0.3 is 6.03 Å². The van der Waals surface area contributed by atoms with Crippen molar-refractivity contribution in [2.45, 2.75) is 26.4 Å². The van der Waals surface area contributed by atoms with Gasteiger partial charge < -0.3 is 10.2 Å². The van der Waals surface area contributed by atoms with Crippen LogP contribution in [0.3, 0.4) is 0 Å². The van der Waals surface area contributed by atoms with E-state index in [1.54, 1.807) is 35.4 Å². The predicted octanol–water partition coefficient (Wildman–Crippen LogP) is 2.96. The van der Waals surface area contributed by atoms with Crippen LogP contribution in [0.5, 0.6) is 0 Å². The molecule has 0 bridgehead atoms. The predicted molar refractivity (Wildman–Crippen MR) is 88.3 cm³/mol. The Morgan fingerprint density at radius 2 is 2.09 bits per heavy atom. The van der Waals surface area contributed by atoms with Crippen molar-refractivity contribution in [3.63, 3.8) is 0 Å². The monoisotopic (exact) mass is 334 g/mol. The molecule has 122 valence electrons. The third-order valence-corrected chi connectivity index (χ3v) is 4.39. The van der Waals surface area contributed by atoms with Gasteiger partial charge in [-0.05, 0) is 12.0 Å². The standard InChI is InChI=1S/C15H18N4O3S/c1-3-13-9-16-14(23-13)10-18(2)15(20)17-8-11-4-6-12(7-5-11)19(21)22/h4-7,9H,3,8,10H2,1-2H3,(H,17,20). The van der Waals surface area contributed by atoms with E-state index in [4.69, 9.17) is 0 Å². The molecule has 2 aromatic rings. The molecule has 0 spiro atoms. The maximum Gasteiger partial charge on any atom is 0.317 e. The van der Waals surface area contributed by atoms with Crippen LogP contribution in [-0.2, 0) is 19.5 Å². The van der Waals surface area contributed by atoms with E-state index in [9.17, 15) is 14.9 Å². The van der Waals surface area contributed by atoms with Crippen LogP contribution >= 0.6 is 11.3 Å². The highest BCUT2D eigenvalue weighted by atomic mass is 32.1. The van der Waals surface area contributed by atoms with Gasteiger partial charge in [0.1, 0.15) is 5.01 Å². The highest BCUT2D eigenvalue weighted by Crippen LogP contribution is 2.15. The Kier molecular flexibility index (Phi) is 5.64. The number of carbonyl (C=O) groups is 1. The van der Waals surface area contributed by atoms with E-state index in [0.717, 1.165) is 17.0 Å². The van der Waals surface area contributed by atoms with E-state index in [1.165, 1.54) is 17.0 Å². The summed E-state index contributed by atoms with van der Waals surface area (Å²) in [5.41, 5.74) is 0.840. The molecule has 1 aromatic carbocycles. The summed E-state index contributed by atoms with van der Waals surface area (Å²) in [6.45, 7) is 2.84. The number of aryl methyl sites for hydroxylation is 1. The number of carbonyl (C=O) groups excluding carboxylic acids is 1. The van der Waals surface area contributed by atoms with Crippen molar-refractivity contribution in [2.75, 3.05) is 7.05 Å². The Balaban J connectivity index is 1.84. The molecule has 1 aromatic heterocycles. The van der Waals surface area contributed by atoms with Crippen LogP contribution < -0.4 is 5.32 Å². The number of amides is 2. The van der Waals surface area contributed by atoms with Gasteiger partial charge in [-0.1, -0.05) is 19.1 Å². The first-order valence-electron chi connectivity index (χ1n) is 7.15. The smallest absolute Gasteiger partial charge is 0.317 e. The second kappa shape index (κ2) is 7.68. The van der Waals surface area contributed by atoms with Gasteiger partial charge in [-0.3, -0.25) is 10.1 Å². The van der Waals surface area contributed by atoms with Crippen molar-refractivity contribution < 1.29 is 9.72 Å². The van der Waals surface area contributed by atoms with Crippen LogP contribution in [0, 0.1) is 10.1 Å². The number of benzene rings is 1. The normalized spacial score (nSPS) is 10.3. The summed E-state index contributed by atoms with van der Waals surface area (Å²) in [5, 5.41) is 14.3. The highest BCUT2D eigenvalue weighted by Gasteiger charge is 2.11. The first-order valence-corrected chi connectivity index (χ1v) is 7.97. The lowest BCUT2D eigenvalue weighted by Crippen LogP contribution is -2.36. The lowest BCUT2D eigenvalue weighted by atomic mass is 10.2. The molecule has 2 rings (SSSR count). The molecule has 0 atom stereocenters. The van der Waals surface area contributed by atoms with Crippen molar-refractivity contribution in [3.05, 3.63) is 56.0 Å². The summed E-state index contributed by atoms with van der Waals surface area (Å²) in [6, 6.07) is 5.90. The Morgan fingerprint density at radius 1 is 1.39 bits per heavy atom. The number of aromatic nitrogens is 1. The van der Waals surface area contributed by atoms with Gasteiger partial charge in [0.25, 0.3) is 5.69 Å². The lowest BCUT2D eigenvalue weighted by Gasteiger charge is -2.16. The number of thiazole rings is 1. The van der Waals surface area contributed by atoms with Gasteiger partial charge in [-0.15, -0.1) is 11.3 Å². The first-order chi connectivity index (χ1) is 11.0. The van der Waals surface area contributed by atoms with Crippen LogP contribution in [0.1, 0.15) is 22.4 Å². The molecule has 0 aliphatic heterocycles. The Labute approximate surface area is 138 Å². The number of nitrogens with zero attached hydrogens (tertiary/aromatic N) is 3. The number of non-ortho nitro benzene ring substituents is 1. The number of nitrogens with one attached hydrogen (secondary N) is 1.